The van der Waals surface area contributed by atoms with Crippen molar-refractivity contribution < 1.29 is 17.9 Å². The minimum absolute atomic E-state index is 0.178. The Hall–Kier alpha value is -1.07. The summed E-state index contributed by atoms with van der Waals surface area (Å²) in [4.78, 5) is 0. The van der Waals surface area contributed by atoms with Crippen molar-refractivity contribution in [3.8, 4) is 0 Å². The first kappa shape index (κ1) is 17.0. The van der Waals surface area contributed by atoms with Crippen LogP contribution in [-0.4, -0.2) is 24.9 Å². The van der Waals surface area contributed by atoms with Crippen LogP contribution in [0.4, 0.5) is 13.2 Å². The lowest BCUT2D eigenvalue weighted by molar-refractivity contribution is -0.186. The highest BCUT2D eigenvalue weighted by molar-refractivity contribution is 5.28. The standard InChI is InChI=1S/C15H22F3NO/c1-11-7-5-6-8-12(11)13(9-19-14(2,3)4)20-10-15(16,17)18/h5-8,13,19H,9-10H2,1-4H3. The van der Waals surface area contributed by atoms with E-state index in [0.29, 0.717) is 6.54 Å². The van der Waals surface area contributed by atoms with Crippen LogP contribution in [0.1, 0.15) is 38.0 Å². The van der Waals surface area contributed by atoms with Crippen LogP contribution in [0, 0.1) is 6.92 Å². The summed E-state index contributed by atoms with van der Waals surface area (Å²) in [5.74, 6) is 0. The van der Waals surface area contributed by atoms with Crippen LogP contribution < -0.4 is 5.32 Å². The van der Waals surface area contributed by atoms with Gasteiger partial charge in [-0.1, -0.05) is 24.3 Å². The molecule has 0 aliphatic carbocycles. The fourth-order valence-electron chi connectivity index (χ4n) is 1.80. The molecule has 0 saturated heterocycles. The van der Waals surface area contributed by atoms with Crippen LogP contribution in [0.3, 0.4) is 0 Å². The average molecular weight is 289 g/mol. The Morgan fingerprint density at radius 2 is 1.75 bits per heavy atom. The number of aryl methyl sites for hydroxylation is 1. The van der Waals surface area contributed by atoms with Gasteiger partial charge in [-0.3, -0.25) is 0 Å². The van der Waals surface area contributed by atoms with Gasteiger partial charge >= 0.3 is 6.18 Å². The molecule has 0 aromatic heterocycles. The molecular weight excluding hydrogens is 267 g/mol. The number of hydrogen-bond donors (Lipinski definition) is 1. The molecule has 20 heavy (non-hydrogen) atoms. The minimum Gasteiger partial charge on any atom is -0.363 e. The first-order valence-electron chi connectivity index (χ1n) is 6.57. The van der Waals surface area contributed by atoms with Crippen LogP contribution in [0.25, 0.3) is 0 Å². The lowest BCUT2D eigenvalue weighted by Gasteiger charge is -2.27. The van der Waals surface area contributed by atoms with Gasteiger partial charge in [-0.25, -0.2) is 0 Å². The summed E-state index contributed by atoms with van der Waals surface area (Å²) >= 11 is 0. The normalized spacial score (nSPS) is 14.3. The maximum atomic E-state index is 12.4. The van der Waals surface area contributed by atoms with Gasteiger partial charge in [0.25, 0.3) is 0 Å². The van der Waals surface area contributed by atoms with E-state index in [4.69, 9.17) is 4.74 Å². The Morgan fingerprint density at radius 1 is 1.15 bits per heavy atom. The summed E-state index contributed by atoms with van der Waals surface area (Å²) in [5, 5.41) is 3.19. The topological polar surface area (TPSA) is 21.3 Å². The van der Waals surface area contributed by atoms with Crippen molar-refractivity contribution in [1.82, 2.24) is 5.32 Å². The molecule has 0 radical (unpaired) electrons. The molecule has 0 bridgehead atoms. The van der Waals surface area contributed by atoms with Crippen LogP contribution in [0.5, 0.6) is 0 Å². The van der Waals surface area contributed by atoms with Crippen molar-refractivity contribution in [2.75, 3.05) is 13.2 Å². The Kier molecular flexibility index (Phi) is 5.59. The fourth-order valence-corrected chi connectivity index (χ4v) is 1.80. The van der Waals surface area contributed by atoms with Crippen LogP contribution in [-0.2, 0) is 4.74 Å². The zero-order chi connectivity index (χ0) is 15.4. The molecule has 0 aliphatic heterocycles. The SMILES string of the molecule is Cc1ccccc1C(CNC(C)(C)C)OCC(F)(F)F. The molecule has 1 aromatic rings. The van der Waals surface area contributed by atoms with Crippen molar-refractivity contribution in [1.29, 1.82) is 0 Å². The van der Waals surface area contributed by atoms with Gasteiger partial charge in [-0.05, 0) is 38.8 Å². The molecule has 5 heteroatoms. The number of benzene rings is 1. The molecule has 1 aromatic carbocycles. The molecule has 0 aliphatic rings. The smallest absolute Gasteiger partial charge is 0.363 e. The van der Waals surface area contributed by atoms with E-state index in [2.05, 4.69) is 5.32 Å². The summed E-state index contributed by atoms with van der Waals surface area (Å²) in [7, 11) is 0. The second-order valence-corrected chi connectivity index (χ2v) is 5.90. The van der Waals surface area contributed by atoms with Crippen LogP contribution in [0.2, 0.25) is 0 Å². The Bertz CT molecular complexity index is 406. The highest BCUT2D eigenvalue weighted by atomic mass is 19.4. The van der Waals surface area contributed by atoms with Gasteiger partial charge in [0.15, 0.2) is 0 Å². The van der Waals surface area contributed by atoms with E-state index >= 15 is 0 Å². The van der Waals surface area contributed by atoms with Crippen molar-refractivity contribution >= 4 is 0 Å². The monoisotopic (exact) mass is 289 g/mol. The van der Waals surface area contributed by atoms with E-state index in [0.717, 1.165) is 11.1 Å². The second-order valence-electron chi connectivity index (χ2n) is 5.90. The van der Waals surface area contributed by atoms with Crippen molar-refractivity contribution in [3.05, 3.63) is 35.4 Å². The van der Waals surface area contributed by atoms with Gasteiger partial charge in [-0.15, -0.1) is 0 Å². The van der Waals surface area contributed by atoms with Crippen molar-refractivity contribution in [2.24, 2.45) is 0 Å². The van der Waals surface area contributed by atoms with E-state index in [9.17, 15) is 13.2 Å². The number of hydrogen-bond acceptors (Lipinski definition) is 2. The van der Waals surface area contributed by atoms with Gasteiger partial charge in [0.1, 0.15) is 6.61 Å². The molecule has 0 saturated carbocycles. The van der Waals surface area contributed by atoms with Gasteiger partial charge in [0, 0.05) is 12.1 Å². The highest BCUT2D eigenvalue weighted by Crippen LogP contribution is 2.25. The quantitative estimate of drug-likeness (QED) is 0.884. The maximum absolute atomic E-state index is 12.4. The molecule has 1 unspecified atom stereocenters. The average Bonchev–Trinajstić information content (AvgIpc) is 2.28. The summed E-state index contributed by atoms with van der Waals surface area (Å²) in [6.07, 6.45) is -4.93. The summed E-state index contributed by atoms with van der Waals surface area (Å²) in [6.45, 7) is 6.86. The zero-order valence-corrected chi connectivity index (χ0v) is 12.3. The lowest BCUT2D eigenvalue weighted by atomic mass is 10.0. The van der Waals surface area contributed by atoms with E-state index in [1.54, 1.807) is 6.07 Å². The second kappa shape index (κ2) is 6.59. The Balaban J connectivity index is 2.82. The molecule has 1 N–H and O–H groups in total. The van der Waals surface area contributed by atoms with E-state index in [-0.39, 0.29) is 5.54 Å². The largest absolute Gasteiger partial charge is 0.411 e. The molecular formula is C15H22F3NO. The van der Waals surface area contributed by atoms with Crippen LogP contribution >= 0.6 is 0 Å². The number of ether oxygens (including phenoxy) is 1. The molecule has 2 nitrogen and oxygen atoms in total. The van der Waals surface area contributed by atoms with Gasteiger partial charge in [0.2, 0.25) is 0 Å². The summed E-state index contributed by atoms with van der Waals surface area (Å²) in [5.41, 5.74) is 1.53. The molecule has 114 valence electrons. The summed E-state index contributed by atoms with van der Waals surface area (Å²) < 4.78 is 42.2. The van der Waals surface area contributed by atoms with E-state index < -0.39 is 18.9 Å². The molecule has 1 rings (SSSR count). The van der Waals surface area contributed by atoms with Crippen LogP contribution in [0.15, 0.2) is 24.3 Å². The summed E-state index contributed by atoms with van der Waals surface area (Å²) in [6, 6.07) is 7.34. The Morgan fingerprint density at radius 3 is 2.25 bits per heavy atom. The third-order valence-electron chi connectivity index (χ3n) is 2.80. The Labute approximate surface area is 118 Å². The maximum Gasteiger partial charge on any atom is 0.411 e. The molecule has 0 spiro atoms. The molecule has 0 fully saturated rings. The van der Waals surface area contributed by atoms with E-state index in [1.165, 1.54) is 0 Å². The van der Waals surface area contributed by atoms with Gasteiger partial charge < -0.3 is 10.1 Å². The number of halogens is 3. The predicted octanol–water partition coefficient (Wildman–Crippen LogP) is 4.00. The number of rotatable bonds is 5. The predicted molar refractivity (Wildman–Crippen MR) is 73.7 cm³/mol. The first-order valence-corrected chi connectivity index (χ1v) is 6.57. The van der Waals surface area contributed by atoms with Gasteiger partial charge in [0.05, 0.1) is 6.10 Å². The lowest BCUT2D eigenvalue weighted by Crippen LogP contribution is -2.39. The third kappa shape index (κ3) is 6.39. The fraction of sp³-hybridized carbons (Fsp3) is 0.600. The third-order valence-corrected chi connectivity index (χ3v) is 2.80. The highest BCUT2D eigenvalue weighted by Gasteiger charge is 2.30. The molecule has 1 atom stereocenters. The van der Waals surface area contributed by atoms with E-state index in [1.807, 2.05) is 45.9 Å². The van der Waals surface area contributed by atoms with Crippen molar-refractivity contribution in [3.63, 3.8) is 0 Å². The van der Waals surface area contributed by atoms with Gasteiger partial charge in [-0.2, -0.15) is 13.2 Å². The number of nitrogens with one attached hydrogen (secondary N) is 1. The zero-order valence-electron chi connectivity index (χ0n) is 12.3. The molecule has 0 heterocycles. The first-order chi connectivity index (χ1) is 9.08. The number of alkyl halides is 3. The van der Waals surface area contributed by atoms with Crippen molar-refractivity contribution in [2.45, 2.75) is 45.5 Å². The minimum atomic E-state index is -4.32. The molecule has 0 amide bonds.